The number of ether oxygens (including phenoxy) is 1. The summed E-state index contributed by atoms with van der Waals surface area (Å²) in [7, 11) is -19.9. The highest BCUT2D eigenvalue weighted by Gasteiger charge is 2.65. The molecule has 23 heteroatoms. The molecule has 0 bridgehead atoms. The van der Waals surface area contributed by atoms with Crippen LogP contribution in [0.5, 0.6) is 0 Å². The molecule has 1 aliphatic rings. The molecule has 6 N–H and O–H groups in total. The van der Waals surface area contributed by atoms with Crippen LogP contribution in [0.3, 0.4) is 0 Å². The van der Waals surface area contributed by atoms with Crippen LogP contribution >= 0.6 is 37.0 Å². The minimum Gasteiger partial charge on any atom is -0.387 e. The fraction of sp³-hybridized carbons (Fsp3) is 0.400. The number of anilines is 1. The Balaban J connectivity index is 1.57. The van der Waals surface area contributed by atoms with Gasteiger partial charge in [-0.2, -0.15) is 5.10 Å². The van der Waals surface area contributed by atoms with Gasteiger partial charge >= 0.3 is 25.4 Å². The van der Waals surface area contributed by atoms with Crippen molar-refractivity contribution >= 4 is 53.7 Å². The fourth-order valence-electron chi connectivity index (χ4n) is 4.24. The Kier molecular flexibility index (Phi) is 8.33. The molecule has 1 fully saturated rings. The average Bonchev–Trinajstić information content (AvgIpc) is 3.35. The van der Waals surface area contributed by atoms with Crippen LogP contribution in [0.1, 0.15) is 24.8 Å². The zero-order valence-corrected chi connectivity index (χ0v) is 24.7. The molecule has 3 aromatic rings. The Morgan fingerprint density at radius 2 is 1.79 bits per heavy atom. The molecule has 1 aromatic carbocycles. The molecule has 13 nitrogen and oxygen atoms in total. The van der Waals surface area contributed by atoms with Gasteiger partial charge in [0.25, 0.3) is 0 Å². The van der Waals surface area contributed by atoms with E-state index in [-0.39, 0.29) is 34.0 Å². The van der Waals surface area contributed by atoms with E-state index < -0.39 is 84.8 Å². The Bertz CT molecular complexity index is 1660. The zero-order chi connectivity index (χ0) is 32.4. The van der Waals surface area contributed by atoms with Gasteiger partial charge in [0, 0.05) is 5.56 Å². The van der Waals surface area contributed by atoms with Gasteiger partial charge in [-0.3, -0.25) is 9.13 Å². The number of nitrogens with one attached hydrogen (secondary N) is 1. The van der Waals surface area contributed by atoms with Crippen molar-refractivity contribution in [2.24, 2.45) is 0 Å². The van der Waals surface area contributed by atoms with Gasteiger partial charge in [0.15, 0.2) is 17.8 Å². The van der Waals surface area contributed by atoms with Crippen LogP contribution in [0.4, 0.5) is 29.5 Å². The topological polar surface area (TPSA) is 196 Å². The van der Waals surface area contributed by atoms with E-state index >= 15 is 0 Å². The SMILES string of the molecule is C[C@H](Nc1cc(Cl)nc2c1cnn2[C@@H]1O[C@H](COP(=O)(O)CP(=O)(O)O)[C@@H](O)[C@H]1O)c1ccc(S(F)(F)(F)(F)F)cc1F. The van der Waals surface area contributed by atoms with Gasteiger partial charge in [-0.05, 0) is 25.1 Å². The molecule has 0 radical (unpaired) electrons. The summed E-state index contributed by atoms with van der Waals surface area (Å²) in [6.45, 7) is 0.450. The average molecular weight is 707 g/mol. The second-order valence-corrected chi connectivity index (χ2v) is 16.4. The van der Waals surface area contributed by atoms with Crippen molar-refractivity contribution in [3.05, 3.63) is 47.0 Å². The van der Waals surface area contributed by atoms with Crippen LogP contribution in [0, 0.1) is 5.82 Å². The zero-order valence-electron chi connectivity index (χ0n) is 21.3. The maximum absolute atomic E-state index is 14.5. The van der Waals surface area contributed by atoms with Crippen LogP contribution in [0.25, 0.3) is 11.0 Å². The molecule has 2 aromatic heterocycles. The first kappa shape index (κ1) is 33.9. The number of hydrogen-bond donors (Lipinski definition) is 6. The lowest BCUT2D eigenvalue weighted by Gasteiger charge is -2.40. The molecule has 1 unspecified atom stereocenters. The predicted molar refractivity (Wildman–Crippen MR) is 141 cm³/mol. The van der Waals surface area contributed by atoms with Gasteiger partial charge in [-0.1, -0.05) is 37.1 Å². The van der Waals surface area contributed by atoms with Gasteiger partial charge in [-0.25, -0.2) is 14.1 Å². The first-order valence-corrected chi connectivity index (χ1v) is 17.6. The third kappa shape index (κ3) is 7.83. The highest BCUT2D eigenvalue weighted by atomic mass is 35.5. The molecule has 6 atom stereocenters. The van der Waals surface area contributed by atoms with Crippen molar-refractivity contribution < 1.29 is 67.1 Å². The summed E-state index contributed by atoms with van der Waals surface area (Å²) in [6, 6.07) is 0.453. The maximum atomic E-state index is 14.5. The van der Waals surface area contributed by atoms with Crippen molar-refractivity contribution in [1.82, 2.24) is 14.8 Å². The van der Waals surface area contributed by atoms with Crippen LogP contribution in [-0.4, -0.2) is 70.5 Å². The van der Waals surface area contributed by atoms with Crippen LogP contribution < -0.4 is 5.32 Å². The number of nitrogens with zero attached hydrogens (tertiary/aromatic N) is 3. The summed E-state index contributed by atoms with van der Waals surface area (Å²) >= 11 is 6.10. The minimum absolute atomic E-state index is 0.0669. The number of pyridine rings is 1. The Labute approximate surface area is 242 Å². The van der Waals surface area contributed by atoms with Crippen LogP contribution in [0.2, 0.25) is 5.15 Å². The summed E-state index contributed by atoms with van der Waals surface area (Å²) in [5, 5.41) is 27.7. The summed E-state index contributed by atoms with van der Waals surface area (Å²) in [5.41, 5.74) is -0.401. The molecular formula is C20H23ClF6N4O9P2S. The number of aromatic nitrogens is 3. The van der Waals surface area contributed by atoms with Crippen molar-refractivity contribution in [3.8, 4) is 0 Å². The van der Waals surface area contributed by atoms with E-state index in [4.69, 9.17) is 26.1 Å². The number of hydrogen-bond acceptors (Lipinski definition) is 9. The molecule has 0 saturated carbocycles. The monoisotopic (exact) mass is 706 g/mol. The molecule has 0 amide bonds. The molecule has 242 valence electrons. The maximum Gasteiger partial charge on any atom is 0.340 e. The molecule has 3 heterocycles. The van der Waals surface area contributed by atoms with Gasteiger partial charge in [0.05, 0.1) is 29.9 Å². The molecule has 0 aliphatic carbocycles. The highest BCUT2D eigenvalue weighted by molar-refractivity contribution is 8.45. The minimum atomic E-state index is -10.1. The standard InChI is InChI=1S/C20H23ClF6N4O9P2S/c1-9(11-3-2-10(4-13(11)22)43(23,24,25,26)27)29-14-5-16(21)30-19-12(14)6-28-31(19)20-18(33)17(32)15(40-20)7-39-42(37,38)8-41(34,35)36/h2-6,9,15,17-18,20,32-33H,7-8H2,1H3,(H,29,30)(H,37,38)(H2,34,35,36)/t9-,15+,17+,18+,20+/m0/s1. The summed E-state index contributed by atoms with van der Waals surface area (Å²) in [6.07, 6.45) is -5.29. The summed E-state index contributed by atoms with van der Waals surface area (Å²) in [4.78, 5) is 29.1. The van der Waals surface area contributed by atoms with E-state index in [0.717, 1.165) is 4.68 Å². The molecule has 43 heavy (non-hydrogen) atoms. The number of aliphatic hydroxyl groups is 2. The highest BCUT2D eigenvalue weighted by Crippen LogP contribution is 3.02. The Morgan fingerprint density at radius 1 is 1.14 bits per heavy atom. The molecule has 0 spiro atoms. The van der Waals surface area contributed by atoms with Crippen molar-refractivity contribution in [3.63, 3.8) is 0 Å². The number of benzene rings is 1. The van der Waals surface area contributed by atoms with Gasteiger partial charge in [0.2, 0.25) is 0 Å². The normalized spacial score (nSPS) is 25.2. The van der Waals surface area contributed by atoms with Crippen molar-refractivity contribution in [2.75, 3.05) is 17.8 Å². The predicted octanol–water partition coefficient (Wildman–Crippen LogP) is 5.01. The van der Waals surface area contributed by atoms with E-state index in [0.29, 0.717) is 6.07 Å². The molecule has 1 aliphatic heterocycles. The van der Waals surface area contributed by atoms with Gasteiger partial charge in [-0.15, -0.1) is 0 Å². The van der Waals surface area contributed by atoms with Crippen LogP contribution in [-0.2, 0) is 18.4 Å². The number of halogens is 7. The largest absolute Gasteiger partial charge is 0.387 e. The summed E-state index contributed by atoms with van der Waals surface area (Å²) < 4.78 is 114. The van der Waals surface area contributed by atoms with Crippen molar-refractivity contribution in [2.45, 2.75) is 42.4 Å². The third-order valence-corrected chi connectivity index (χ3v) is 11.0. The lowest BCUT2D eigenvalue weighted by Crippen LogP contribution is -2.33. The fourth-order valence-corrected chi connectivity index (χ4v) is 7.65. The van der Waals surface area contributed by atoms with Gasteiger partial charge < -0.3 is 39.5 Å². The first-order chi connectivity index (χ1) is 19.3. The molecule has 1 saturated heterocycles. The van der Waals surface area contributed by atoms with Gasteiger partial charge in [0.1, 0.15) is 34.2 Å². The quantitative estimate of drug-likeness (QED) is 0.0938. The lowest BCUT2D eigenvalue weighted by atomic mass is 10.1. The Hall–Kier alpha value is -1.96. The first-order valence-electron chi connectivity index (χ1n) is 11.7. The third-order valence-electron chi connectivity index (χ3n) is 6.17. The second kappa shape index (κ2) is 10.6. The number of rotatable bonds is 10. The number of fused-ring (bicyclic) bond motifs is 1. The van der Waals surface area contributed by atoms with E-state index in [9.17, 15) is 48.1 Å². The van der Waals surface area contributed by atoms with Crippen LogP contribution in [0.15, 0.2) is 35.4 Å². The smallest absolute Gasteiger partial charge is 0.340 e. The molecule has 4 rings (SSSR count). The Morgan fingerprint density at radius 3 is 2.37 bits per heavy atom. The van der Waals surface area contributed by atoms with Crippen molar-refractivity contribution in [1.29, 1.82) is 0 Å². The van der Waals surface area contributed by atoms with E-state index in [1.165, 1.54) is 19.2 Å². The second-order valence-electron chi connectivity index (χ2n) is 9.62. The summed E-state index contributed by atoms with van der Waals surface area (Å²) in [5.74, 6) is -3.06. The lowest BCUT2D eigenvalue weighted by molar-refractivity contribution is -0.0541. The van der Waals surface area contributed by atoms with E-state index in [2.05, 4.69) is 19.9 Å². The van der Waals surface area contributed by atoms with E-state index in [1.54, 1.807) is 0 Å². The molecular weight excluding hydrogens is 684 g/mol. The van der Waals surface area contributed by atoms with E-state index in [1.807, 2.05) is 0 Å². The number of aliphatic hydroxyl groups excluding tert-OH is 2.